The predicted octanol–water partition coefficient (Wildman–Crippen LogP) is -3.85. The summed E-state index contributed by atoms with van der Waals surface area (Å²) < 4.78 is 0. The number of carboxylic acids is 1. The zero-order chi connectivity index (χ0) is 23.6. The second-order valence-electron chi connectivity index (χ2n) is 6.95. The van der Waals surface area contributed by atoms with Crippen molar-refractivity contribution in [2.24, 2.45) is 17.4 Å². The Bertz CT molecular complexity index is 642. The minimum absolute atomic E-state index is 0.437. The van der Waals surface area contributed by atoms with Crippen LogP contribution in [-0.4, -0.2) is 81.8 Å². The molecule has 0 aromatic heterocycles. The highest BCUT2D eigenvalue weighted by Gasteiger charge is 2.32. The first kappa shape index (κ1) is 27.2. The standard InChI is InChI=1S/C17H31N5O8/c1-4-7(2)13(17(29)30)22-14(26)9(5-11(18)25)20-15(27)10(6-23)21-16(28)12(19)8(3)24/h7-10,12-13,23-24H,4-6,19H2,1-3H3,(H2,18,25)(H,20,27)(H,21,28)(H,22,26)(H,29,30). The van der Waals surface area contributed by atoms with Crippen molar-refractivity contribution in [1.29, 1.82) is 0 Å². The molecule has 13 heteroatoms. The fourth-order valence-electron chi connectivity index (χ4n) is 2.30. The molecule has 0 radical (unpaired) electrons. The average molecular weight is 433 g/mol. The molecule has 10 N–H and O–H groups in total. The molecule has 0 saturated carbocycles. The summed E-state index contributed by atoms with van der Waals surface area (Å²) in [6.07, 6.45) is -1.44. The molecule has 30 heavy (non-hydrogen) atoms. The molecule has 0 spiro atoms. The van der Waals surface area contributed by atoms with E-state index in [0.717, 1.165) is 0 Å². The Balaban J connectivity index is 5.36. The summed E-state index contributed by atoms with van der Waals surface area (Å²) in [5.41, 5.74) is 10.5. The van der Waals surface area contributed by atoms with Crippen LogP contribution in [0.3, 0.4) is 0 Å². The third-order valence-electron chi connectivity index (χ3n) is 4.45. The fourth-order valence-corrected chi connectivity index (χ4v) is 2.30. The van der Waals surface area contributed by atoms with Crippen molar-refractivity contribution < 1.29 is 39.3 Å². The van der Waals surface area contributed by atoms with Gasteiger partial charge in [-0.1, -0.05) is 20.3 Å². The molecule has 0 fully saturated rings. The molecule has 0 aromatic carbocycles. The van der Waals surface area contributed by atoms with Gasteiger partial charge in [-0.25, -0.2) is 4.79 Å². The highest BCUT2D eigenvalue weighted by molar-refractivity contribution is 5.96. The van der Waals surface area contributed by atoms with Crippen molar-refractivity contribution in [3.63, 3.8) is 0 Å². The molecule has 0 saturated heterocycles. The highest BCUT2D eigenvalue weighted by Crippen LogP contribution is 2.09. The Labute approximate surface area is 173 Å². The van der Waals surface area contributed by atoms with Crippen LogP contribution in [0.2, 0.25) is 0 Å². The number of aliphatic carboxylic acids is 1. The van der Waals surface area contributed by atoms with Gasteiger partial charge in [0.05, 0.1) is 19.1 Å². The lowest BCUT2D eigenvalue weighted by atomic mass is 9.98. The van der Waals surface area contributed by atoms with Gasteiger partial charge in [-0.3, -0.25) is 19.2 Å². The topological polar surface area (TPSA) is 234 Å². The van der Waals surface area contributed by atoms with Crippen LogP contribution < -0.4 is 27.4 Å². The summed E-state index contributed by atoms with van der Waals surface area (Å²) in [7, 11) is 0. The molecule has 0 aromatic rings. The average Bonchev–Trinajstić information content (AvgIpc) is 2.66. The zero-order valence-corrected chi connectivity index (χ0v) is 17.1. The molecule has 0 aliphatic rings. The Morgan fingerprint density at radius 3 is 1.83 bits per heavy atom. The molecule has 172 valence electrons. The van der Waals surface area contributed by atoms with E-state index in [1.807, 2.05) is 0 Å². The maximum absolute atomic E-state index is 12.5. The monoisotopic (exact) mass is 433 g/mol. The van der Waals surface area contributed by atoms with Gasteiger partial charge in [-0.2, -0.15) is 0 Å². The number of aliphatic hydroxyl groups is 2. The number of hydrogen-bond acceptors (Lipinski definition) is 8. The molecule has 0 heterocycles. The van der Waals surface area contributed by atoms with Crippen molar-refractivity contribution in [2.75, 3.05) is 6.61 Å². The van der Waals surface area contributed by atoms with Crippen molar-refractivity contribution in [1.82, 2.24) is 16.0 Å². The number of nitrogens with two attached hydrogens (primary N) is 2. The van der Waals surface area contributed by atoms with E-state index in [1.54, 1.807) is 13.8 Å². The molecule has 13 nitrogen and oxygen atoms in total. The van der Waals surface area contributed by atoms with E-state index < -0.39 is 78.8 Å². The van der Waals surface area contributed by atoms with Gasteiger partial charge < -0.3 is 42.7 Å². The number of rotatable bonds is 13. The number of carboxylic acid groups (broad SMARTS) is 1. The summed E-state index contributed by atoms with van der Waals surface area (Å²) in [6.45, 7) is 3.70. The Hall–Kier alpha value is -2.77. The maximum Gasteiger partial charge on any atom is 0.326 e. The van der Waals surface area contributed by atoms with Crippen LogP contribution >= 0.6 is 0 Å². The largest absolute Gasteiger partial charge is 0.480 e. The first-order valence-corrected chi connectivity index (χ1v) is 9.32. The fraction of sp³-hybridized carbons (Fsp3) is 0.706. The smallest absolute Gasteiger partial charge is 0.326 e. The van der Waals surface area contributed by atoms with Crippen LogP contribution in [-0.2, 0) is 24.0 Å². The lowest BCUT2D eigenvalue weighted by Crippen LogP contribution is -2.59. The van der Waals surface area contributed by atoms with Crippen LogP contribution in [0.15, 0.2) is 0 Å². The van der Waals surface area contributed by atoms with Crippen LogP contribution in [0.25, 0.3) is 0 Å². The van der Waals surface area contributed by atoms with Crippen molar-refractivity contribution >= 4 is 29.6 Å². The van der Waals surface area contributed by atoms with E-state index in [9.17, 15) is 39.3 Å². The van der Waals surface area contributed by atoms with Crippen molar-refractivity contribution in [3.05, 3.63) is 0 Å². The number of amides is 4. The third-order valence-corrected chi connectivity index (χ3v) is 4.45. The molecule has 0 aliphatic heterocycles. The minimum Gasteiger partial charge on any atom is -0.480 e. The number of carbonyl (C=O) groups is 5. The van der Waals surface area contributed by atoms with Gasteiger partial charge in [-0.15, -0.1) is 0 Å². The Kier molecular flexibility index (Phi) is 11.5. The highest BCUT2D eigenvalue weighted by atomic mass is 16.4. The van der Waals surface area contributed by atoms with Gasteiger partial charge in [0.1, 0.15) is 24.2 Å². The second-order valence-corrected chi connectivity index (χ2v) is 6.95. The predicted molar refractivity (Wildman–Crippen MR) is 103 cm³/mol. The van der Waals surface area contributed by atoms with E-state index in [2.05, 4.69) is 16.0 Å². The maximum atomic E-state index is 12.5. The summed E-state index contributed by atoms with van der Waals surface area (Å²) in [4.78, 5) is 59.4. The quantitative estimate of drug-likeness (QED) is 0.142. The SMILES string of the molecule is CCC(C)C(NC(=O)C(CC(N)=O)NC(=O)C(CO)NC(=O)C(N)C(C)O)C(=O)O. The molecule has 4 amide bonds. The second kappa shape index (κ2) is 12.7. The summed E-state index contributed by atoms with van der Waals surface area (Å²) in [5.74, 6) is -5.64. The van der Waals surface area contributed by atoms with E-state index in [0.29, 0.717) is 6.42 Å². The molecular formula is C17H31N5O8. The van der Waals surface area contributed by atoms with E-state index in [1.165, 1.54) is 6.92 Å². The van der Waals surface area contributed by atoms with Gasteiger partial charge >= 0.3 is 5.97 Å². The molecule has 0 rings (SSSR count). The summed E-state index contributed by atoms with van der Waals surface area (Å²) >= 11 is 0. The Morgan fingerprint density at radius 1 is 0.933 bits per heavy atom. The number of primary amides is 1. The molecule has 0 aliphatic carbocycles. The minimum atomic E-state index is -1.55. The zero-order valence-electron chi connectivity index (χ0n) is 17.1. The van der Waals surface area contributed by atoms with E-state index in [-0.39, 0.29) is 0 Å². The van der Waals surface area contributed by atoms with Gasteiger partial charge in [-0.05, 0) is 12.8 Å². The van der Waals surface area contributed by atoms with Crippen LogP contribution in [0.1, 0.15) is 33.6 Å². The van der Waals surface area contributed by atoms with Crippen LogP contribution in [0.5, 0.6) is 0 Å². The molecule has 0 bridgehead atoms. The lowest BCUT2D eigenvalue weighted by Gasteiger charge is -2.25. The normalized spacial score (nSPS) is 16.9. The number of nitrogens with one attached hydrogen (secondary N) is 3. The lowest BCUT2D eigenvalue weighted by molar-refractivity contribution is -0.144. The molecular weight excluding hydrogens is 402 g/mol. The third kappa shape index (κ3) is 8.71. The van der Waals surface area contributed by atoms with Gasteiger partial charge in [0.25, 0.3) is 0 Å². The summed E-state index contributed by atoms with van der Waals surface area (Å²) in [6, 6.07) is -5.73. The van der Waals surface area contributed by atoms with Gasteiger partial charge in [0.15, 0.2) is 0 Å². The number of carbonyl (C=O) groups excluding carboxylic acids is 4. The van der Waals surface area contributed by atoms with Crippen molar-refractivity contribution in [2.45, 2.75) is 63.9 Å². The number of aliphatic hydroxyl groups excluding tert-OH is 2. The number of hydrogen-bond donors (Lipinski definition) is 8. The molecule has 6 atom stereocenters. The van der Waals surface area contributed by atoms with E-state index in [4.69, 9.17) is 11.5 Å². The van der Waals surface area contributed by atoms with Crippen LogP contribution in [0, 0.1) is 5.92 Å². The van der Waals surface area contributed by atoms with Crippen LogP contribution in [0.4, 0.5) is 0 Å². The molecule has 6 unspecified atom stereocenters. The Morgan fingerprint density at radius 2 is 1.43 bits per heavy atom. The van der Waals surface area contributed by atoms with E-state index >= 15 is 0 Å². The van der Waals surface area contributed by atoms with Gasteiger partial charge in [0.2, 0.25) is 23.6 Å². The van der Waals surface area contributed by atoms with Gasteiger partial charge in [0, 0.05) is 0 Å². The first-order chi connectivity index (χ1) is 13.8. The summed E-state index contributed by atoms with van der Waals surface area (Å²) in [5, 5.41) is 34.5. The van der Waals surface area contributed by atoms with Crippen molar-refractivity contribution in [3.8, 4) is 0 Å². The first-order valence-electron chi connectivity index (χ1n) is 9.32.